The number of carbonyl (C=O) groups excluding carboxylic acids is 1. The third-order valence-electron chi connectivity index (χ3n) is 2.60. The summed E-state index contributed by atoms with van der Waals surface area (Å²) in [5, 5.41) is 0. The van der Waals surface area contributed by atoms with E-state index in [1.165, 1.54) is 31.4 Å². The molecule has 19 heavy (non-hydrogen) atoms. The zero-order valence-corrected chi connectivity index (χ0v) is 12.2. The van der Waals surface area contributed by atoms with E-state index in [9.17, 15) is 13.2 Å². The SMILES string of the molecule is COC(=O)c1ccc(S(=O)(=O)NCCC(C)C)cc1. The molecule has 0 unspecified atom stereocenters. The number of sulfonamides is 1. The van der Waals surface area contributed by atoms with Crippen LogP contribution in [0.1, 0.15) is 30.6 Å². The Bertz CT molecular complexity index is 520. The molecular weight excluding hydrogens is 266 g/mol. The number of hydrogen-bond acceptors (Lipinski definition) is 4. The predicted molar refractivity (Wildman–Crippen MR) is 72.4 cm³/mol. The molecule has 0 aliphatic carbocycles. The van der Waals surface area contributed by atoms with Gasteiger partial charge in [0.2, 0.25) is 10.0 Å². The van der Waals surface area contributed by atoms with Gasteiger partial charge < -0.3 is 4.74 Å². The van der Waals surface area contributed by atoms with Crippen molar-refractivity contribution in [2.75, 3.05) is 13.7 Å². The average molecular weight is 285 g/mol. The molecule has 0 spiro atoms. The molecule has 0 fully saturated rings. The summed E-state index contributed by atoms with van der Waals surface area (Å²) in [5.74, 6) is -0.0545. The molecule has 0 aliphatic heterocycles. The van der Waals surface area contributed by atoms with Gasteiger partial charge in [0, 0.05) is 6.54 Å². The second-order valence-electron chi connectivity index (χ2n) is 4.60. The minimum atomic E-state index is -3.51. The second-order valence-corrected chi connectivity index (χ2v) is 6.36. The molecule has 1 N–H and O–H groups in total. The van der Waals surface area contributed by atoms with E-state index in [1.807, 2.05) is 13.8 Å². The lowest BCUT2D eigenvalue weighted by atomic mass is 10.1. The first-order chi connectivity index (χ1) is 8.86. The van der Waals surface area contributed by atoms with Crippen molar-refractivity contribution in [1.29, 1.82) is 0 Å². The predicted octanol–water partition coefficient (Wildman–Crippen LogP) is 1.80. The van der Waals surface area contributed by atoms with E-state index in [-0.39, 0.29) is 4.90 Å². The Balaban J connectivity index is 2.76. The van der Waals surface area contributed by atoms with Crippen LogP contribution in [0.5, 0.6) is 0 Å². The molecule has 0 saturated heterocycles. The number of ether oxygens (including phenoxy) is 1. The van der Waals surface area contributed by atoms with Crippen molar-refractivity contribution in [1.82, 2.24) is 4.72 Å². The van der Waals surface area contributed by atoms with E-state index in [0.717, 1.165) is 6.42 Å². The van der Waals surface area contributed by atoms with E-state index >= 15 is 0 Å². The molecule has 0 atom stereocenters. The fourth-order valence-corrected chi connectivity index (χ4v) is 2.50. The molecule has 0 aromatic heterocycles. The van der Waals surface area contributed by atoms with Crippen LogP contribution in [0.25, 0.3) is 0 Å². The Morgan fingerprint density at radius 3 is 2.32 bits per heavy atom. The Morgan fingerprint density at radius 1 is 1.26 bits per heavy atom. The van der Waals surface area contributed by atoms with E-state index in [1.54, 1.807) is 0 Å². The number of rotatable bonds is 6. The van der Waals surface area contributed by atoms with Crippen LogP contribution in [0.15, 0.2) is 29.2 Å². The Labute approximate surface area is 114 Å². The Kier molecular flexibility index (Phi) is 5.50. The number of hydrogen-bond donors (Lipinski definition) is 1. The molecule has 0 amide bonds. The normalized spacial score (nSPS) is 11.6. The highest BCUT2D eigenvalue weighted by atomic mass is 32.2. The molecule has 0 aliphatic rings. The summed E-state index contributed by atoms with van der Waals surface area (Å²) >= 11 is 0. The van der Waals surface area contributed by atoms with E-state index < -0.39 is 16.0 Å². The van der Waals surface area contributed by atoms with Crippen molar-refractivity contribution in [2.24, 2.45) is 5.92 Å². The quantitative estimate of drug-likeness (QED) is 0.809. The van der Waals surface area contributed by atoms with Gasteiger partial charge in [0.1, 0.15) is 0 Å². The Morgan fingerprint density at radius 2 is 1.84 bits per heavy atom. The smallest absolute Gasteiger partial charge is 0.337 e. The lowest BCUT2D eigenvalue weighted by Crippen LogP contribution is -2.25. The number of benzene rings is 1. The van der Waals surface area contributed by atoms with Crippen LogP contribution in [0, 0.1) is 5.92 Å². The summed E-state index contributed by atoms with van der Waals surface area (Å²) in [5.41, 5.74) is 0.323. The number of methoxy groups -OCH3 is 1. The number of esters is 1. The van der Waals surface area contributed by atoms with Crippen LogP contribution in [-0.2, 0) is 14.8 Å². The maximum Gasteiger partial charge on any atom is 0.337 e. The standard InChI is InChI=1S/C13H19NO4S/c1-10(2)8-9-14-19(16,17)12-6-4-11(5-7-12)13(15)18-3/h4-7,10,14H,8-9H2,1-3H3. The van der Waals surface area contributed by atoms with Crippen LogP contribution < -0.4 is 4.72 Å². The summed E-state index contributed by atoms with van der Waals surface area (Å²) < 4.78 is 30.9. The van der Waals surface area contributed by atoms with Crippen LogP contribution in [-0.4, -0.2) is 28.0 Å². The lowest BCUT2D eigenvalue weighted by molar-refractivity contribution is 0.0600. The third kappa shape index (κ3) is 4.65. The fourth-order valence-electron chi connectivity index (χ4n) is 1.45. The van der Waals surface area contributed by atoms with Gasteiger partial charge in [0.05, 0.1) is 17.6 Å². The monoisotopic (exact) mass is 285 g/mol. The highest BCUT2D eigenvalue weighted by Gasteiger charge is 2.14. The van der Waals surface area contributed by atoms with Gasteiger partial charge >= 0.3 is 5.97 Å². The molecule has 0 heterocycles. The van der Waals surface area contributed by atoms with Crippen molar-refractivity contribution in [3.05, 3.63) is 29.8 Å². The summed E-state index contributed by atoms with van der Waals surface area (Å²) in [7, 11) is -2.23. The Hall–Kier alpha value is -1.40. The van der Waals surface area contributed by atoms with Crippen molar-refractivity contribution in [3.8, 4) is 0 Å². The first-order valence-electron chi connectivity index (χ1n) is 6.05. The second kappa shape index (κ2) is 6.68. The largest absolute Gasteiger partial charge is 0.465 e. The highest BCUT2D eigenvalue weighted by molar-refractivity contribution is 7.89. The van der Waals surface area contributed by atoms with Gasteiger partial charge in [-0.3, -0.25) is 0 Å². The van der Waals surface area contributed by atoms with Crippen LogP contribution in [0.3, 0.4) is 0 Å². The summed E-state index contributed by atoms with van der Waals surface area (Å²) in [6.45, 7) is 4.46. The first-order valence-corrected chi connectivity index (χ1v) is 7.53. The highest BCUT2D eigenvalue weighted by Crippen LogP contribution is 2.11. The molecule has 6 heteroatoms. The summed E-state index contributed by atoms with van der Waals surface area (Å²) in [6.07, 6.45) is 0.777. The third-order valence-corrected chi connectivity index (χ3v) is 4.08. The molecule has 1 aromatic carbocycles. The molecule has 0 radical (unpaired) electrons. The molecule has 1 rings (SSSR count). The molecule has 5 nitrogen and oxygen atoms in total. The topological polar surface area (TPSA) is 72.5 Å². The lowest BCUT2D eigenvalue weighted by Gasteiger charge is -2.08. The fraction of sp³-hybridized carbons (Fsp3) is 0.462. The summed E-state index contributed by atoms with van der Waals surface area (Å²) in [6, 6.07) is 5.65. The van der Waals surface area contributed by atoms with Gasteiger partial charge in [0.15, 0.2) is 0 Å². The van der Waals surface area contributed by atoms with Gasteiger partial charge in [-0.2, -0.15) is 0 Å². The molecule has 106 valence electrons. The number of nitrogens with one attached hydrogen (secondary N) is 1. The molecule has 0 saturated carbocycles. The van der Waals surface area contributed by atoms with E-state index in [2.05, 4.69) is 9.46 Å². The van der Waals surface area contributed by atoms with Gasteiger partial charge in [-0.1, -0.05) is 13.8 Å². The minimum absolute atomic E-state index is 0.143. The van der Waals surface area contributed by atoms with Crippen molar-refractivity contribution < 1.29 is 17.9 Å². The van der Waals surface area contributed by atoms with Crippen molar-refractivity contribution in [3.63, 3.8) is 0 Å². The van der Waals surface area contributed by atoms with Gasteiger partial charge in [0.25, 0.3) is 0 Å². The number of carbonyl (C=O) groups is 1. The van der Waals surface area contributed by atoms with E-state index in [4.69, 9.17) is 0 Å². The average Bonchev–Trinajstić information content (AvgIpc) is 2.37. The maximum atomic E-state index is 11.9. The van der Waals surface area contributed by atoms with Crippen molar-refractivity contribution in [2.45, 2.75) is 25.2 Å². The minimum Gasteiger partial charge on any atom is -0.465 e. The van der Waals surface area contributed by atoms with Crippen LogP contribution >= 0.6 is 0 Å². The van der Waals surface area contributed by atoms with Gasteiger partial charge in [-0.15, -0.1) is 0 Å². The van der Waals surface area contributed by atoms with Gasteiger partial charge in [-0.05, 0) is 36.6 Å². The molecule has 0 bridgehead atoms. The van der Waals surface area contributed by atoms with Gasteiger partial charge in [-0.25, -0.2) is 17.9 Å². The summed E-state index contributed by atoms with van der Waals surface area (Å²) in [4.78, 5) is 11.4. The van der Waals surface area contributed by atoms with Crippen LogP contribution in [0.4, 0.5) is 0 Å². The zero-order chi connectivity index (χ0) is 14.5. The zero-order valence-electron chi connectivity index (χ0n) is 11.3. The maximum absolute atomic E-state index is 11.9. The van der Waals surface area contributed by atoms with Crippen molar-refractivity contribution >= 4 is 16.0 Å². The van der Waals surface area contributed by atoms with E-state index in [0.29, 0.717) is 18.0 Å². The first kappa shape index (κ1) is 15.7. The van der Waals surface area contributed by atoms with Crippen LogP contribution in [0.2, 0.25) is 0 Å². The molecule has 1 aromatic rings. The molecular formula is C13H19NO4S.